The third-order valence-corrected chi connectivity index (χ3v) is 4.41. The van der Waals surface area contributed by atoms with Gasteiger partial charge in [0.2, 0.25) is 5.91 Å². The quantitative estimate of drug-likeness (QED) is 0.766. The summed E-state index contributed by atoms with van der Waals surface area (Å²) in [6.45, 7) is 5.63. The van der Waals surface area contributed by atoms with Crippen LogP contribution in [0, 0.1) is 11.8 Å². The molecule has 1 amide bonds. The maximum absolute atomic E-state index is 11.9. The Morgan fingerprint density at radius 1 is 1.31 bits per heavy atom. The molecule has 1 heterocycles. The van der Waals surface area contributed by atoms with Crippen LogP contribution in [0.5, 0.6) is 0 Å². The van der Waals surface area contributed by atoms with Crippen LogP contribution in [0.1, 0.15) is 46.0 Å². The molecule has 2 aliphatic rings. The molecule has 0 radical (unpaired) electrons. The first-order chi connectivity index (χ1) is 7.66. The molecular formula is C13H24N2O. The maximum atomic E-state index is 11.9. The Bertz CT molecular complexity index is 248. The molecule has 0 bridgehead atoms. The van der Waals surface area contributed by atoms with E-state index in [4.69, 9.17) is 0 Å². The number of hydrogen-bond donors (Lipinski definition) is 2. The zero-order valence-electron chi connectivity index (χ0n) is 10.5. The molecule has 2 fully saturated rings. The van der Waals surface area contributed by atoms with Crippen molar-refractivity contribution in [2.24, 2.45) is 11.8 Å². The van der Waals surface area contributed by atoms with Crippen molar-refractivity contribution in [2.75, 3.05) is 6.54 Å². The van der Waals surface area contributed by atoms with E-state index in [1.165, 1.54) is 12.8 Å². The summed E-state index contributed by atoms with van der Waals surface area (Å²) in [4.78, 5) is 11.9. The minimum Gasteiger partial charge on any atom is -0.353 e. The molecular weight excluding hydrogens is 200 g/mol. The molecule has 3 heteroatoms. The molecule has 16 heavy (non-hydrogen) atoms. The lowest BCUT2D eigenvalue weighted by molar-refractivity contribution is -0.122. The summed E-state index contributed by atoms with van der Waals surface area (Å²) in [5, 5.41) is 6.58. The van der Waals surface area contributed by atoms with Crippen LogP contribution in [0.2, 0.25) is 0 Å². The van der Waals surface area contributed by atoms with Gasteiger partial charge in [-0.15, -0.1) is 0 Å². The molecule has 1 saturated heterocycles. The molecule has 1 aliphatic heterocycles. The standard InChI is InChI=1S/C13H24N2O/c1-9-5-6-12(10(9)2)15-13(16)8-11-4-3-7-14-11/h9-12,14H,3-8H2,1-2H3,(H,15,16). The second-order valence-corrected chi connectivity index (χ2v) is 5.59. The van der Waals surface area contributed by atoms with E-state index < -0.39 is 0 Å². The van der Waals surface area contributed by atoms with E-state index in [1.54, 1.807) is 0 Å². The van der Waals surface area contributed by atoms with Crippen molar-refractivity contribution in [3.05, 3.63) is 0 Å². The highest BCUT2D eigenvalue weighted by Crippen LogP contribution is 2.31. The number of carbonyl (C=O) groups excluding carboxylic acids is 1. The van der Waals surface area contributed by atoms with Gasteiger partial charge >= 0.3 is 0 Å². The van der Waals surface area contributed by atoms with Gasteiger partial charge in [0.1, 0.15) is 0 Å². The van der Waals surface area contributed by atoms with Gasteiger partial charge in [0, 0.05) is 18.5 Å². The number of hydrogen-bond acceptors (Lipinski definition) is 2. The monoisotopic (exact) mass is 224 g/mol. The average Bonchev–Trinajstić information content (AvgIpc) is 2.83. The molecule has 2 N–H and O–H groups in total. The lowest BCUT2D eigenvalue weighted by Crippen LogP contribution is -2.40. The van der Waals surface area contributed by atoms with Crippen molar-refractivity contribution < 1.29 is 4.79 Å². The highest BCUT2D eigenvalue weighted by molar-refractivity contribution is 5.77. The molecule has 0 aromatic heterocycles. The summed E-state index contributed by atoms with van der Waals surface area (Å²) in [6.07, 6.45) is 5.45. The fourth-order valence-electron chi connectivity index (χ4n) is 2.99. The second kappa shape index (κ2) is 5.17. The van der Waals surface area contributed by atoms with Crippen LogP contribution in [-0.4, -0.2) is 24.5 Å². The summed E-state index contributed by atoms with van der Waals surface area (Å²) in [6, 6.07) is 0.845. The predicted octanol–water partition coefficient (Wildman–Crippen LogP) is 1.68. The first-order valence-corrected chi connectivity index (χ1v) is 6.69. The molecule has 2 rings (SSSR count). The van der Waals surface area contributed by atoms with Crippen LogP contribution >= 0.6 is 0 Å². The average molecular weight is 224 g/mol. The van der Waals surface area contributed by atoms with Gasteiger partial charge in [0.05, 0.1) is 0 Å². The third-order valence-electron chi connectivity index (χ3n) is 4.41. The van der Waals surface area contributed by atoms with Gasteiger partial charge in [-0.1, -0.05) is 13.8 Å². The summed E-state index contributed by atoms with van der Waals surface area (Å²) in [5.74, 6) is 1.64. The third kappa shape index (κ3) is 2.76. The highest BCUT2D eigenvalue weighted by Gasteiger charge is 2.31. The van der Waals surface area contributed by atoms with Crippen LogP contribution in [0.4, 0.5) is 0 Å². The van der Waals surface area contributed by atoms with E-state index in [2.05, 4.69) is 24.5 Å². The Kier molecular flexibility index (Phi) is 3.85. The Hall–Kier alpha value is -0.570. The van der Waals surface area contributed by atoms with E-state index in [1.807, 2.05) is 0 Å². The molecule has 3 nitrogen and oxygen atoms in total. The second-order valence-electron chi connectivity index (χ2n) is 5.59. The number of nitrogens with one attached hydrogen (secondary N) is 2. The largest absolute Gasteiger partial charge is 0.353 e. The van der Waals surface area contributed by atoms with Crippen LogP contribution in [-0.2, 0) is 4.79 Å². The first-order valence-electron chi connectivity index (χ1n) is 6.69. The lowest BCUT2D eigenvalue weighted by atomic mass is 9.97. The topological polar surface area (TPSA) is 41.1 Å². The smallest absolute Gasteiger partial charge is 0.221 e. The Morgan fingerprint density at radius 3 is 2.69 bits per heavy atom. The van der Waals surface area contributed by atoms with Crippen molar-refractivity contribution in [1.29, 1.82) is 0 Å². The molecule has 0 aromatic carbocycles. The fraction of sp³-hybridized carbons (Fsp3) is 0.923. The van der Waals surface area contributed by atoms with E-state index >= 15 is 0 Å². The number of carbonyl (C=O) groups is 1. The van der Waals surface area contributed by atoms with Crippen LogP contribution in [0.15, 0.2) is 0 Å². The fourth-order valence-corrected chi connectivity index (χ4v) is 2.99. The van der Waals surface area contributed by atoms with E-state index in [-0.39, 0.29) is 5.91 Å². The molecule has 0 aromatic rings. The van der Waals surface area contributed by atoms with Gasteiger partial charge in [0.25, 0.3) is 0 Å². The van der Waals surface area contributed by atoms with Gasteiger partial charge in [-0.25, -0.2) is 0 Å². The molecule has 1 saturated carbocycles. The maximum Gasteiger partial charge on any atom is 0.221 e. The van der Waals surface area contributed by atoms with E-state index in [0.717, 1.165) is 25.3 Å². The SMILES string of the molecule is CC1CCC(NC(=O)CC2CCCN2)C1C. The zero-order valence-corrected chi connectivity index (χ0v) is 10.5. The van der Waals surface area contributed by atoms with Crippen molar-refractivity contribution >= 4 is 5.91 Å². The van der Waals surface area contributed by atoms with Gasteiger partial charge in [0.15, 0.2) is 0 Å². The molecule has 0 spiro atoms. The predicted molar refractivity (Wildman–Crippen MR) is 65.1 cm³/mol. The van der Waals surface area contributed by atoms with Crippen molar-refractivity contribution in [3.63, 3.8) is 0 Å². The van der Waals surface area contributed by atoms with Gasteiger partial charge in [-0.05, 0) is 44.1 Å². The summed E-state index contributed by atoms with van der Waals surface area (Å²) >= 11 is 0. The Labute approximate surface area is 98.4 Å². The summed E-state index contributed by atoms with van der Waals surface area (Å²) in [5.41, 5.74) is 0. The number of amides is 1. The van der Waals surface area contributed by atoms with Crippen molar-refractivity contribution in [1.82, 2.24) is 10.6 Å². The van der Waals surface area contributed by atoms with Crippen molar-refractivity contribution in [3.8, 4) is 0 Å². The zero-order chi connectivity index (χ0) is 11.5. The molecule has 92 valence electrons. The van der Waals surface area contributed by atoms with Gasteiger partial charge in [-0.2, -0.15) is 0 Å². The Balaban J connectivity index is 1.74. The number of rotatable bonds is 3. The van der Waals surface area contributed by atoms with Crippen LogP contribution < -0.4 is 10.6 Å². The first kappa shape index (κ1) is 11.9. The molecule has 4 atom stereocenters. The molecule has 1 aliphatic carbocycles. The molecule has 4 unspecified atom stereocenters. The summed E-state index contributed by atoms with van der Waals surface area (Å²) in [7, 11) is 0. The van der Waals surface area contributed by atoms with Crippen molar-refractivity contribution in [2.45, 2.75) is 58.0 Å². The highest BCUT2D eigenvalue weighted by atomic mass is 16.1. The normalized spacial score (nSPS) is 38.9. The minimum absolute atomic E-state index is 0.241. The minimum atomic E-state index is 0.241. The van der Waals surface area contributed by atoms with Crippen LogP contribution in [0.3, 0.4) is 0 Å². The van der Waals surface area contributed by atoms with E-state index in [9.17, 15) is 4.79 Å². The van der Waals surface area contributed by atoms with Gasteiger partial charge in [-0.3, -0.25) is 4.79 Å². The summed E-state index contributed by atoms with van der Waals surface area (Å²) < 4.78 is 0. The lowest BCUT2D eigenvalue weighted by Gasteiger charge is -2.20. The van der Waals surface area contributed by atoms with Crippen LogP contribution in [0.25, 0.3) is 0 Å². The van der Waals surface area contributed by atoms with E-state index in [0.29, 0.717) is 24.4 Å². The Morgan fingerprint density at radius 2 is 2.12 bits per heavy atom. The van der Waals surface area contributed by atoms with Gasteiger partial charge < -0.3 is 10.6 Å².